The second-order valence-corrected chi connectivity index (χ2v) is 9.06. The Labute approximate surface area is 203 Å². The summed E-state index contributed by atoms with van der Waals surface area (Å²) in [6, 6.07) is 12.1. The van der Waals surface area contributed by atoms with Gasteiger partial charge in [-0.05, 0) is 56.5 Å². The zero-order valence-corrected chi connectivity index (χ0v) is 20.0. The Morgan fingerprint density at radius 2 is 1.97 bits per heavy atom. The van der Waals surface area contributed by atoms with E-state index in [-0.39, 0.29) is 24.0 Å². The lowest BCUT2D eigenvalue weighted by atomic mass is 9.81. The number of likely N-dealkylation sites (tertiary alicyclic amines) is 1. The van der Waals surface area contributed by atoms with Gasteiger partial charge in [-0.3, -0.25) is 14.4 Å². The number of methoxy groups -OCH3 is 1. The van der Waals surface area contributed by atoms with Gasteiger partial charge in [0, 0.05) is 30.8 Å². The monoisotopic (exact) mass is 476 g/mol. The number of carbonyl (C=O) groups excluding carboxylic acids is 3. The molecule has 0 aromatic heterocycles. The van der Waals surface area contributed by atoms with E-state index in [1.165, 1.54) is 4.90 Å². The number of rotatable bonds is 5. The van der Waals surface area contributed by atoms with Crippen LogP contribution < -0.4 is 9.64 Å². The maximum atomic E-state index is 14.2. The number of anilines is 1. The molecule has 2 saturated heterocycles. The number of likely N-dealkylation sites (N-methyl/N-ethyl adjacent to an activating group) is 1. The van der Waals surface area contributed by atoms with Crippen LogP contribution in [0.15, 0.2) is 48.0 Å². The minimum absolute atomic E-state index is 0.0840. The Bertz CT molecular complexity index is 1260. The van der Waals surface area contributed by atoms with Gasteiger partial charge in [0.05, 0.1) is 24.5 Å². The number of benzene rings is 2. The van der Waals surface area contributed by atoms with E-state index in [2.05, 4.69) is 0 Å². The summed E-state index contributed by atoms with van der Waals surface area (Å²) in [6.45, 7) is 4.66. The highest BCUT2D eigenvalue weighted by Crippen LogP contribution is 2.53. The lowest BCUT2D eigenvalue weighted by Crippen LogP contribution is -2.53. The Kier molecular flexibility index (Phi) is 5.63. The molecule has 2 amide bonds. The molecule has 3 aliphatic rings. The van der Waals surface area contributed by atoms with E-state index in [0.717, 1.165) is 18.4 Å². The zero-order valence-electron chi connectivity index (χ0n) is 20.0. The number of fused-ring (bicyclic) bond motifs is 2. The number of aliphatic hydroxyl groups excluding tert-OH is 1. The summed E-state index contributed by atoms with van der Waals surface area (Å²) in [5.41, 5.74) is 0.237. The number of para-hydroxylation sites is 1. The SMILES string of the molecule is CCN1C(=O)[C@@]2(C(=C(O)c3ccc(OC)c(C)c3)C(=O)C(=O)N2C[C@H]2CCCO2)c2ccccc21. The van der Waals surface area contributed by atoms with Crippen molar-refractivity contribution in [2.24, 2.45) is 0 Å². The molecule has 2 aromatic carbocycles. The van der Waals surface area contributed by atoms with E-state index in [9.17, 15) is 19.5 Å². The van der Waals surface area contributed by atoms with E-state index >= 15 is 0 Å². The average molecular weight is 477 g/mol. The molecule has 2 fully saturated rings. The molecule has 182 valence electrons. The molecule has 0 saturated carbocycles. The van der Waals surface area contributed by atoms with Crippen LogP contribution in [0.4, 0.5) is 5.69 Å². The summed E-state index contributed by atoms with van der Waals surface area (Å²) in [5.74, 6) is -1.88. The largest absolute Gasteiger partial charge is 0.507 e. The maximum Gasteiger partial charge on any atom is 0.296 e. The van der Waals surface area contributed by atoms with Crippen molar-refractivity contribution in [3.05, 3.63) is 64.7 Å². The van der Waals surface area contributed by atoms with Gasteiger partial charge < -0.3 is 24.4 Å². The predicted octanol–water partition coefficient (Wildman–Crippen LogP) is 3.13. The van der Waals surface area contributed by atoms with Gasteiger partial charge in [0.2, 0.25) is 0 Å². The molecule has 35 heavy (non-hydrogen) atoms. The van der Waals surface area contributed by atoms with Crippen molar-refractivity contribution in [2.45, 2.75) is 38.3 Å². The highest BCUT2D eigenvalue weighted by Gasteiger charge is 2.67. The molecule has 0 bridgehead atoms. The maximum absolute atomic E-state index is 14.2. The van der Waals surface area contributed by atoms with Crippen LogP contribution in [0.5, 0.6) is 5.75 Å². The fraction of sp³-hybridized carbons (Fsp3) is 0.370. The number of hydrogen-bond acceptors (Lipinski definition) is 6. The normalized spacial score (nSPS) is 25.1. The molecule has 0 aliphatic carbocycles. The second-order valence-electron chi connectivity index (χ2n) is 9.06. The van der Waals surface area contributed by atoms with Gasteiger partial charge in [-0.2, -0.15) is 0 Å². The van der Waals surface area contributed by atoms with Crippen LogP contribution >= 0.6 is 0 Å². The van der Waals surface area contributed by atoms with Crippen molar-refractivity contribution in [3.63, 3.8) is 0 Å². The number of aryl methyl sites for hydroxylation is 1. The Hall–Kier alpha value is -3.65. The number of hydrogen-bond donors (Lipinski definition) is 1. The predicted molar refractivity (Wildman–Crippen MR) is 129 cm³/mol. The first-order valence-electron chi connectivity index (χ1n) is 11.8. The fourth-order valence-corrected chi connectivity index (χ4v) is 5.59. The van der Waals surface area contributed by atoms with Gasteiger partial charge >= 0.3 is 0 Å². The van der Waals surface area contributed by atoms with Gasteiger partial charge in [0.15, 0.2) is 5.54 Å². The van der Waals surface area contributed by atoms with Crippen molar-refractivity contribution >= 4 is 29.0 Å². The summed E-state index contributed by atoms with van der Waals surface area (Å²) in [6.07, 6.45) is 1.28. The zero-order chi connectivity index (χ0) is 24.9. The van der Waals surface area contributed by atoms with E-state index in [4.69, 9.17) is 9.47 Å². The first-order valence-corrected chi connectivity index (χ1v) is 11.8. The molecule has 1 spiro atoms. The van der Waals surface area contributed by atoms with Crippen LogP contribution in [-0.4, -0.2) is 60.5 Å². The number of Topliss-reactive ketones (excluding diaryl/α,β-unsaturated/α-hetero) is 1. The minimum atomic E-state index is -1.76. The molecule has 5 rings (SSSR count). The number of amides is 2. The molecule has 2 atom stereocenters. The van der Waals surface area contributed by atoms with Gasteiger partial charge in [-0.25, -0.2) is 0 Å². The van der Waals surface area contributed by atoms with E-state index in [0.29, 0.717) is 35.7 Å². The first-order chi connectivity index (χ1) is 16.9. The Morgan fingerprint density at radius 3 is 2.63 bits per heavy atom. The Balaban J connectivity index is 1.79. The lowest BCUT2D eigenvalue weighted by molar-refractivity contribution is -0.145. The molecule has 3 heterocycles. The summed E-state index contributed by atoms with van der Waals surface area (Å²) in [5, 5.41) is 11.5. The Morgan fingerprint density at radius 1 is 1.20 bits per heavy atom. The van der Waals surface area contributed by atoms with Crippen LogP contribution in [0.1, 0.15) is 36.5 Å². The first kappa shape index (κ1) is 23.1. The highest BCUT2D eigenvalue weighted by atomic mass is 16.5. The summed E-state index contributed by atoms with van der Waals surface area (Å²) < 4.78 is 11.1. The summed E-state index contributed by atoms with van der Waals surface area (Å²) in [4.78, 5) is 44.2. The van der Waals surface area contributed by atoms with E-state index < -0.39 is 23.1 Å². The second kappa shape index (κ2) is 8.53. The van der Waals surface area contributed by atoms with Crippen molar-refractivity contribution < 1.29 is 29.0 Å². The molecule has 0 unspecified atom stereocenters. The standard InChI is InChI=1S/C27H28N2O6/c1-4-28-20-10-6-5-9-19(20)27(26(28)33)22(23(30)17-11-12-21(34-3)16(2)14-17)24(31)25(32)29(27)15-18-8-7-13-35-18/h5-6,9-12,14,18,30H,4,7-8,13,15H2,1-3H3/t18-,27+/m1/s1. The third-order valence-electron chi connectivity index (χ3n) is 7.20. The van der Waals surface area contributed by atoms with Crippen molar-refractivity contribution in [3.8, 4) is 5.75 Å². The molecule has 2 aromatic rings. The van der Waals surface area contributed by atoms with Crippen LogP contribution in [0.25, 0.3) is 5.76 Å². The molecular formula is C27H28N2O6. The fourth-order valence-electron chi connectivity index (χ4n) is 5.59. The van der Waals surface area contributed by atoms with E-state index in [1.54, 1.807) is 48.4 Å². The van der Waals surface area contributed by atoms with Crippen LogP contribution in [0, 0.1) is 6.92 Å². The quantitative estimate of drug-likeness (QED) is 0.405. The van der Waals surface area contributed by atoms with Gasteiger partial charge in [0.1, 0.15) is 11.5 Å². The van der Waals surface area contributed by atoms with Gasteiger partial charge in [-0.1, -0.05) is 18.2 Å². The van der Waals surface area contributed by atoms with Crippen molar-refractivity contribution in [1.82, 2.24) is 4.90 Å². The highest BCUT2D eigenvalue weighted by molar-refractivity contribution is 6.50. The summed E-state index contributed by atoms with van der Waals surface area (Å²) >= 11 is 0. The number of ether oxygens (including phenoxy) is 2. The third kappa shape index (κ3) is 3.20. The number of ketones is 1. The average Bonchev–Trinajstić information content (AvgIpc) is 3.52. The molecular weight excluding hydrogens is 448 g/mol. The van der Waals surface area contributed by atoms with Gasteiger partial charge in [0.25, 0.3) is 17.6 Å². The third-order valence-corrected chi connectivity index (χ3v) is 7.20. The minimum Gasteiger partial charge on any atom is -0.507 e. The van der Waals surface area contributed by atoms with Crippen LogP contribution in [-0.2, 0) is 24.7 Å². The molecule has 3 aliphatic heterocycles. The topological polar surface area (TPSA) is 96.4 Å². The molecule has 8 nitrogen and oxygen atoms in total. The van der Waals surface area contributed by atoms with Crippen LogP contribution in [0.2, 0.25) is 0 Å². The number of nitrogens with zero attached hydrogens (tertiary/aromatic N) is 2. The number of aliphatic hydroxyl groups is 1. The molecule has 8 heteroatoms. The van der Waals surface area contributed by atoms with E-state index in [1.807, 2.05) is 19.9 Å². The van der Waals surface area contributed by atoms with Gasteiger partial charge in [-0.15, -0.1) is 0 Å². The van der Waals surface area contributed by atoms with Crippen LogP contribution in [0.3, 0.4) is 0 Å². The number of carbonyl (C=O) groups is 3. The lowest BCUT2D eigenvalue weighted by Gasteiger charge is -2.35. The van der Waals surface area contributed by atoms with Crippen molar-refractivity contribution in [1.29, 1.82) is 0 Å². The smallest absolute Gasteiger partial charge is 0.296 e. The molecule has 1 N–H and O–H groups in total. The van der Waals surface area contributed by atoms with Crippen molar-refractivity contribution in [2.75, 3.05) is 31.7 Å². The summed E-state index contributed by atoms with van der Waals surface area (Å²) in [7, 11) is 1.55. The molecule has 0 radical (unpaired) electrons.